The number of nitrogen functional groups attached to an aromatic ring is 1. The summed E-state index contributed by atoms with van der Waals surface area (Å²) >= 11 is 0. The largest absolute Gasteiger partial charge is 0.394 e. The lowest BCUT2D eigenvalue weighted by Crippen LogP contribution is -2.10. The van der Waals surface area contributed by atoms with E-state index in [-0.39, 0.29) is 6.42 Å². The van der Waals surface area contributed by atoms with Crippen molar-refractivity contribution in [2.45, 2.75) is 26.8 Å². The van der Waals surface area contributed by atoms with Crippen LogP contribution in [0.5, 0.6) is 0 Å². The summed E-state index contributed by atoms with van der Waals surface area (Å²) in [5, 5.41) is 13.5. The first-order valence-electron chi connectivity index (χ1n) is 6.84. The van der Waals surface area contributed by atoms with Crippen molar-refractivity contribution in [3.05, 3.63) is 35.8 Å². The van der Waals surface area contributed by atoms with Gasteiger partial charge in [-0.3, -0.25) is 4.57 Å². The molecule has 2 heterocycles. The molecular formula is C15H16N6. The summed E-state index contributed by atoms with van der Waals surface area (Å²) in [7, 11) is 0. The summed E-state index contributed by atoms with van der Waals surface area (Å²) in [5.41, 5.74) is 9.41. The van der Waals surface area contributed by atoms with Gasteiger partial charge in [0.25, 0.3) is 0 Å². The zero-order valence-electron chi connectivity index (χ0n) is 12.0. The van der Waals surface area contributed by atoms with Crippen molar-refractivity contribution in [3.8, 4) is 11.9 Å². The van der Waals surface area contributed by atoms with E-state index < -0.39 is 0 Å². The number of hydrogen-bond acceptors (Lipinski definition) is 4. The van der Waals surface area contributed by atoms with E-state index in [4.69, 9.17) is 11.0 Å². The van der Waals surface area contributed by atoms with Crippen molar-refractivity contribution in [2.24, 2.45) is 0 Å². The fourth-order valence-corrected chi connectivity index (χ4v) is 2.54. The first-order valence-corrected chi connectivity index (χ1v) is 6.84. The van der Waals surface area contributed by atoms with Gasteiger partial charge in [-0.15, -0.1) is 0 Å². The molecule has 0 aliphatic heterocycles. The van der Waals surface area contributed by atoms with Gasteiger partial charge in [0, 0.05) is 6.54 Å². The SMILES string of the molecule is CCn1nc(C)c(N)c1-n1c(CC#N)nc2ccccc21. The molecule has 2 aromatic heterocycles. The first-order chi connectivity index (χ1) is 10.2. The Morgan fingerprint density at radius 1 is 1.33 bits per heavy atom. The van der Waals surface area contributed by atoms with E-state index in [0.29, 0.717) is 18.1 Å². The molecule has 0 aliphatic carbocycles. The van der Waals surface area contributed by atoms with Crippen LogP contribution in [0.1, 0.15) is 18.4 Å². The lowest BCUT2D eigenvalue weighted by molar-refractivity contribution is 0.631. The van der Waals surface area contributed by atoms with Gasteiger partial charge in [0.1, 0.15) is 5.82 Å². The highest BCUT2D eigenvalue weighted by atomic mass is 15.4. The Morgan fingerprint density at radius 3 is 2.81 bits per heavy atom. The molecule has 0 aliphatic rings. The second-order valence-corrected chi connectivity index (χ2v) is 4.83. The number of aryl methyl sites for hydroxylation is 2. The molecule has 0 radical (unpaired) electrons. The van der Waals surface area contributed by atoms with E-state index in [9.17, 15) is 0 Å². The van der Waals surface area contributed by atoms with Crippen LogP contribution in [0.2, 0.25) is 0 Å². The van der Waals surface area contributed by atoms with Crippen LogP contribution in [-0.4, -0.2) is 19.3 Å². The molecule has 1 aromatic carbocycles. The molecular weight excluding hydrogens is 264 g/mol. The maximum absolute atomic E-state index is 9.06. The molecule has 0 spiro atoms. The Morgan fingerprint density at radius 2 is 2.10 bits per heavy atom. The highest BCUT2D eigenvalue weighted by Gasteiger charge is 2.19. The molecule has 0 atom stereocenters. The predicted octanol–water partition coefficient (Wildman–Crippen LogP) is 2.20. The minimum absolute atomic E-state index is 0.224. The summed E-state index contributed by atoms with van der Waals surface area (Å²) in [5.74, 6) is 1.47. The van der Waals surface area contributed by atoms with Crippen LogP contribution < -0.4 is 5.73 Å². The lowest BCUT2D eigenvalue weighted by atomic mass is 10.3. The third kappa shape index (κ3) is 1.94. The molecule has 0 saturated heterocycles. The molecule has 6 nitrogen and oxygen atoms in total. The number of imidazole rings is 1. The van der Waals surface area contributed by atoms with Gasteiger partial charge in [-0.25, -0.2) is 9.67 Å². The smallest absolute Gasteiger partial charge is 0.160 e. The van der Waals surface area contributed by atoms with Gasteiger partial charge in [0.05, 0.1) is 34.9 Å². The molecule has 0 amide bonds. The maximum atomic E-state index is 9.06. The Bertz CT molecular complexity index is 849. The third-order valence-electron chi connectivity index (χ3n) is 3.52. The molecule has 6 heteroatoms. The number of nitrogens with zero attached hydrogens (tertiary/aromatic N) is 5. The second-order valence-electron chi connectivity index (χ2n) is 4.83. The van der Waals surface area contributed by atoms with Crippen LogP contribution in [0.4, 0.5) is 5.69 Å². The minimum atomic E-state index is 0.224. The normalized spacial score (nSPS) is 10.9. The number of nitrogens with two attached hydrogens (primary N) is 1. The number of anilines is 1. The Balaban J connectivity index is 2.39. The molecule has 0 saturated carbocycles. The zero-order valence-corrected chi connectivity index (χ0v) is 12.0. The highest BCUT2D eigenvalue weighted by molar-refractivity contribution is 5.79. The topological polar surface area (TPSA) is 85.5 Å². The quantitative estimate of drug-likeness (QED) is 0.797. The number of benzene rings is 1. The zero-order chi connectivity index (χ0) is 15.0. The number of rotatable bonds is 3. The van der Waals surface area contributed by atoms with Gasteiger partial charge >= 0.3 is 0 Å². The average molecular weight is 280 g/mol. The molecule has 3 rings (SSSR count). The molecule has 0 fully saturated rings. The molecule has 0 unspecified atom stereocenters. The van der Waals surface area contributed by atoms with Crippen LogP contribution >= 0.6 is 0 Å². The van der Waals surface area contributed by atoms with Crippen molar-refractivity contribution >= 4 is 16.7 Å². The molecule has 21 heavy (non-hydrogen) atoms. The number of fused-ring (bicyclic) bond motifs is 1. The Labute approximate surface area is 122 Å². The predicted molar refractivity (Wildman–Crippen MR) is 81.0 cm³/mol. The van der Waals surface area contributed by atoms with E-state index in [1.54, 1.807) is 0 Å². The summed E-state index contributed by atoms with van der Waals surface area (Å²) in [4.78, 5) is 4.55. The van der Waals surface area contributed by atoms with Crippen LogP contribution in [0.3, 0.4) is 0 Å². The molecule has 2 N–H and O–H groups in total. The Hall–Kier alpha value is -2.81. The first kappa shape index (κ1) is 13.2. The van der Waals surface area contributed by atoms with Gasteiger partial charge in [0.15, 0.2) is 5.82 Å². The standard InChI is InChI=1S/C15H16N6/c1-3-20-15(14(17)10(2)19-20)21-12-7-5-4-6-11(12)18-13(21)8-9-16/h4-7H,3,8,17H2,1-2H3. The van der Waals surface area contributed by atoms with Crippen LogP contribution in [0.15, 0.2) is 24.3 Å². The Kier molecular flexibility index (Phi) is 3.10. The van der Waals surface area contributed by atoms with Crippen LogP contribution in [0.25, 0.3) is 16.9 Å². The van der Waals surface area contributed by atoms with E-state index in [2.05, 4.69) is 16.2 Å². The van der Waals surface area contributed by atoms with Crippen molar-refractivity contribution < 1.29 is 0 Å². The van der Waals surface area contributed by atoms with E-state index in [0.717, 1.165) is 22.5 Å². The fourth-order valence-electron chi connectivity index (χ4n) is 2.54. The number of aromatic nitrogens is 4. The van der Waals surface area contributed by atoms with Crippen LogP contribution in [-0.2, 0) is 13.0 Å². The number of para-hydroxylation sites is 2. The van der Waals surface area contributed by atoms with Crippen molar-refractivity contribution in [1.82, 2.24) is 19.3 Å². The van der Waals surface area contributed by atoms with Gasteiger partial charge < -0.3 is 5.73 Å². The highest BCUT2D eigenvalue weighted by Crippen LogP contribution is 2.27. The summed E-state index contributed by atoms with van der Waals surface area (Å²) in [6, 6.07) is 9.96. The average Bonchev–Trinajstić information content (AvgIpc) is 2.97. The summed E-state index contributed by atoms with van der Waals surface area (Å²) < 4.78 is 3.79. The van der Waals surface area contributed by atoms with Crippen molar-refractivity contribution in [2.75, 3.05) is 5.73 Å². The summed E-state index contributed by atoms with van der Waals surface area (Å²) in [6.07, 6.45) is 0.224. The van der Waals surface area contributed by atoms with Gasteiger partial charge in [-0.2, -0.15) is 10.4 Å². The number of nitriles is 1. The second kappa shape index (κ2) is 4.94. The lowest BCUT2D eigenvalue weighted by Gasteiger charge is -2.10. The molecule has 106 valence electrons. The number of hydrogen-bond donors (Lipinski definition) is 1. The van der Waals surface area contributed by atoms with E-state index in [1.807, 2.05) is 47.4 Å². The monoisotopic (exact) mass is 280 g/mol. The van der Waals surface area contributed by atoms with Gasteiger partial charge in [0.2, 0.25) is 0 Å². The van der Waals surface area contributed by atoms with Gasteiger partial charge in [-0.05, 0) is 26.0 Å². The molecule has 3 aromatic rings. The minimum Gasteiger partial charge on any atom is -0.394 e. The third-order valence-corrected chi connectivity index (χ3v) is 3.52. The maximum Gasteiger partial charge on any atom is 0.160 e. The van der Waals surface area contributed by atoms with Crippen LogP contribution in [0, 0.1) is 18.3 Å². The van der Waals surface area contributed by atoms with Gasteiger partial charge in [-0.1, -0.05) is 12.1 Å². The van der Waals surface area contributed by atoms with Crippen molar-refractivity contribution in [1.29, 1.82) is 5.26 Å². The fraction of sp³-hybridized carbons (Fsp3) is 0.267. The van der Waals surface area contributed by atoms with E-state index in [1.165, 1.54) is 0 Å². The summed E-state index contributed by atoms with van der Waals surface area (Å²) in [6.45, 7) is 4.60. The van der Waals surface area contributed by atoms with E-state index >= 15 is 0 Å². The molecule has 0 bridgehead atoms. The van der Waals surface area contributed by atoms with Crippen molar-refractivity contribution in [3.63, 3.8) is 0 Å².